The van der Waals surface area contributed by atoms with E-state index in [1.165, 1.54) is 24.3 Å². The first-order chi connectivity index (χ1) is 16.1. The number of hydrogen-bond acceptors (Lipinski definition) is 6. The van der Waals surface area contributed by atoms with Crippen molar-refractivity contribution in [2.24, 2.45) is 10.5 Å². The van der Waals surface area contributed by atoms with Gasteiger partial charge in [0.15, 0.2) is 5.41 Å². The van der Waals surface area contributed by atoms with E-state index in [1.807, 2.05) is 0 Å². The van der Waals surface area contributed by atoms with Crippen LogP contribution >= 0.6 is 11.6 Å². The number of hydrogen-bond donors (Lipinski definition) is 1. The SMILES string of the molecule is CCOC(=O)C1(COC)CN(CC(=O)Nc2ccc(C(F)(F)F)cc2)N=C1c1ccc(Cl)cc1. The number of nitrogens with one attached hydrogen (secondary N) is 1. The minimum absolute atomic E-state index is 0.0120. The van der Waals surface area contributed by atoms with Crippen LogP contribution < -0.4 is 5.32 Å². The predicted molar refractivity (Wildman–Crippen MR) is 121 cm³/mol. The zero-order valence-corrected chi connectivity index (χ0v) is 19.2. The number of ether oxygens (including phenoxy) is 2. The summed E-state index contributed by atoms with van der Waals surface area (Å²) in [5.41, 5.74) is -0.923. The number of benzene rings is 2. The van der Waals surface area contributed by atoms with Gasteiger partial charge in [0.25, 0.3) is 0 Å². The highest BCUT2D eigenvalue weighted by Gasteiger charge is 2.51. The first-order valence-electron chi connectivity index (χ1n) is 10.3. The second kappa shape index (κ2) is 10.4. The summed E-state index contributed by atoms with van der Waals surface area (Å²) in [4.78, 5) is 25.6. The Bertz CT molecular complexity index is 1060. The third kappa shape index (κ3) is 5.68. The zero-order chi connectivity index (χ0) is 24.9. The first kappa shape index (κ1) is 25.5. The molecule has 1 atom stereocenters. The zero-order valence-electron chi connectivity index (χ0n) is 18.5. The minimum atomic E-state index is -4.47. The van der Waals surface area contributed by atoms with Crippen molar-refractivity contribution in [1.29, 1.82) is 0 Å². The van der Waals surface area contributed by atoms with Gasteiger partial charge >= 0.3 is 12.1 Å². The third-order valence-electron chi connectivity index (χ3n) is 5.14. The topological polar surface area (TPSA) is 80.2 Å². The lowest BCUT2D eigenvalue weighted by Crippen LogP contribution is -2.47. The Balaban J connectivity index is 1.83. The summed E-state index contributed by atoms with van der Waals surface area (Å²) in [5, 5.41) is 8.95. The molecule has 0 aromatic heterocycles. The van der Waals surface area contributed by atoms with Crippen molar-refractivity contribution in [3.8, 4) is 0 Å². The second-order valence-electron chi connectivity index (χ2n) is 7.64. The molecule has 1 heterocycles. The average Bonchev–Trinajstić information content (AvgIpc) is 3.13. The van der Waals surface area contributed by atoms with E-state index in [9.17, 15) is 22.8 Å². The summed E-state index contributed by atoms with van der Waals surface area (Å²) in [6, 6.07) is 10.8. The van der Waals surface area contributed by atoms with Crippen molar-refractivity contribution in [2.45, 2.75) is 13.1 Å². The number of alkyl halides is 3. The number of hydrazone groups is 1. The number of methoxy groups -OCH3 is 1. The molecule has 1 aliphatic rings. The molecular weight excluding hydrogens is 475 g/mol. The lowest BCUT2D eigenvalue weighted by Gasteiger charge is -2.28. The van der Waals surface area contributed by atoms with Gasteiger partial charge in [-0.05, 0) is 48.9 Å². The number of carbonyl (C=O) groups excluding carboxylic acids is 2. The van der Waals surface area contributed by atoms with Gasteiger partial charge in [0.1, 0.15) is 6.54 Å². The minimum Gasteiger partial charge on any atom is -0.465 e. The van der Waals surface area contributed by atoms with Crippen molar-refractivity contribution >= 4 is 34.9 Å². The van der Waals surface area contributed by atoms with E-state index in [0.29, 0.717) is 16.3 Å². The first-order valence-corrected chi connectivity index (χ1v) is 10.7. The molecular formula is C23H23ClF3N3O4. The maximum Gasteiger partial charge on any atom is 0.416 e. The Morgan fingerprint density at radius 1 is 1.15 bits per heavy atom. The van der Waals surface area contributed by atoms with Crippen LogP contribution in [0.25, 0.3) is 0 Å². The van der Waals surface area contributed by atoms with E-state index >= 15 is 0 Å². The number of carbonyl (C=O) groups is 2. The fourth-order valence-electron chi connectivity index (χ4n) is 3.65. The van der Waals surface area contributed by atoms with Crippen molar-refractivity contribution < 1.29 is 32.2 Å². The highest BCUT2D eigenvalue weighted by molar-refractivity contribution is 6.30. The van der Waals surface area contributed by atoms with Gasteiger partial charge in [-0.25, -0.2) is 0 Å². The molecule has 1 aliphatic heterocycles. The molecule has 34 heavy (non-hydrogen) atoms. The Morgan fingerprint density at radius 3 is 2.35 bits per heavy atom. The summed E-state index contributed by atoms with van der Waals surface area (Å²) in [6.07, 6.45) is -4.47. The molecule has 3 rings (SSSR count). The van der Waals surface area contributed by atoms with Gasteiger partial charge in [-0.15, -0.1) is 0 Å². The number of anilines is 1. The highest BCUT2D eigenvalue weighted by Crippen LogP contribution is 2.34. The van der Waals surface area contributed by atoms with Crippen molar-refractivity contribution in [3.05, 3.63) is 64.7 Å². The molecule has 1 amide bonds. The average molecular weight is 498 g/mol. The van der Waals surface area contributed by atoms with Gasteiger partial charge < -0.3 is 14.8 Å². The molecule has 0 fully saturated rings. The molecule has 0 bridgehead atoms. The normalized spacial score (nSPS) is 17.9. The Hall–Kier alpha value is -3.11. The number of esters is 1. The maximum atomic E-state index is 13.0. The molecule has 0 aliphatic carbocycles. The van der Waals surface area contributed by atoms with Gasteiger partial charge in [0.2, 0.25) is 5.91 Å². The summed E-state index contributed by atoms with van der Waals surface area (Å²) >= 11 is 5.99. The summed E-state index contributed by atoms with van der Waals surface area (Å²) in [6.45, 7) is 1.56. The van der Waals surface area contributed by atoms with Crippen molar-refractivity contribution in [3.63, 3.8) is 0 Å². The molecule has 11 heteroatoms. The highest BCUT2D eigenvalue weighted by atomic mass is 35.5. The summed E-state index contributed by atoms with van der Waals surface area (Å²) < 4.78 is 48.9. The van der Waals surface area contributed by atoms with Gasteiger partial charge in [-0.2, -0.15) is 18.3 Å². The smallest absolute Gasteiger partial charge is 0.416 e. The standard InChI is InChI=1S/C23H23ClF3N3O4/c1-3-34-21(32)22(14-33-2)13-30(29-20(22)15-4-8-17(24)9-5-15)12-19(31)28-18-10-6-16(7-11-18)23(25,26)27/h4-11H,3,12-14H2,1-2H3,(H,28,31). The van der Waals surface area contributed by atoms with E-state index in [4.69, 9.17) is 21.1 Å². The lowest BCUT2D eigenvalue weighted by atomic mass is 9.80. The molecule has 0 spiro atoms. The van der Waals surface area contributed by atoms with Crippen LogP contribution in [0.1, 0.15) is 18.1 Å². The number of rotatable bonds is 8. The summed E-state index contributed by atoms with van der Waals surface area (Å²) in [7, 11) is 1.44. The maximum absolute atomic E-state index is 13.0. The molecule has 0 saturated carbocycles. The van der Waals surface area contributed by atoms with Gasteiger partial charge in [0, 0.05) is 17.8 Å². The van der Waals surface area contributed by atoms with Crippen LogP contribution in [0, 0.1) is 5.41 Å². The van der Waals surface area contributed by atoms with E-state index in [-0.39, 0.29) is 32.0 Å². The van der Waals surface area contributed by atoms with Crippen LogP contribution in [-0.2, 0) is 25.2 Å². The monoisotopic (exact) mass is 497 g/mol. The Morgan fingerprint density at radius 2 is 1.79 bits per heavy atom. The van der Waals surface area contributed by atoms with Crippen molar-refractivity contribution in [2.75, 3.05) is 38.7 Å². The van der Waals surface area contributed by atoms with E-state index in [1.54, 1.807) is 31.2 Å². The lowest BCUT2D eigenvalue weighted by molar-refractivity contribution is -0.154. The molecule has 2 aromatic carbocycles. The molecule has 0 saturated heterocycles. The van der Waals surface area contributed by atoms with Crippen molar-refractivity contribution in [1.82, 2.24) is 5.01 Å². The third-order valence-corrected chi connectivity index (χ3v) is 5.40. The van der Waals surface area contributed by atoms with Gasteiger partial charge in [-0.1, -0.05) is 23.7 Å². The van der Waals surface area contributed by atoms with Gasteiger partial charge in [-0.3, -0.25) is 14.6 Å². The predicted octanol–water partition coefficient (Wildman–Crippen LogP) is 4.21. The molecule has 1 unspecified atom stereocenters. The van der Waals surface area contributed by atoms with E-state index in [0.717, 1.165) is 12.1 Å². The molecule has 2 aromatic rings. The van der Waals surface area contributed by atoms with Crippen LogP contribution in [0.5, 0.6) is 0 Å². The molecule has 0 radical (unpaired) electrons. The second-order valence-corrected chi connectivity index (χ2v) is 8.07. The Kier molecular flexibility index (Phi) is 7.83. The van der Waals surface area contributed by atoms with Crippen LogP contribution in [0.15, 0.2) is 53.6 Å². The number of halogens is 4. The fourth-order valence-corrected chi connectivity index (χ4v) is 3.78. The Labute approximate surface area is 199 Å². The van der Waals surface area contributed by atoms with Crippen LogP contribution in [-0.4, -0.2) is 56.0 Å². The van der Waals surface area contributed by atoms with E-state index < -0.39 is 29.0 Å². The molecule has 182 valence electrons. The molecule has 1 N–H and O–H groups in total. The number of amides is 1. The van der Waals surface area contributed by atoms with Gasteiger partial charge in [0.05, 0.1) is 31.0 Å². The largest absolute Gasteiger partial charge is 0.465 e. The molecule has 7 nitrogen and oxygen atoms in total. The fraction of sp³-hybridized carbons (Fsp3) is 0.348. The number of nitrogens with zero attached hydrogens (tertiary/aromatic N) is 2. The summed E-state index contributed by atoms with van der Waals surface area (Å²) in [5.74, 6) is -1.06. The quantitative estimate of drug-likeness (QED) is 0.553. The van der Waals surface area contributed by atoms with E-state index in [2.05, 4.69) is 10.4 Å². The van der Waals surface area contributed by atoms with Crippen LogP contribution in [0.3, 0.4) is 0 Å². The van der Waals surface area contributed by atoms with Crippen LogP contribution in [0.2, 0.25) is 5.02 Å². The van der Waals surface area contributed by atoms with Crippen LogP contribution in [0.4, 0.5) is 18.9 Å².